The van der Waals surface area contributed by atoms with Crippen molar-refractivity contribution in [2.75, 3.05) is 16.9 Å². The fourth-order valence-corrected chi connectivity index (χ4v) is 2.27. The predicted octanol–water partition coefficient (Wildman–Crippen LogP) is 1.43. The highest BCUT2D eigenvalue weighted by atomic mass is 32.2. The van der Waals surface area contributed by atoms with E-state index in [1.807, 2.05) is 0 Å². The second-order valence-electron chi connectivity index (χ2n) is 3.27. The lowest BCUT2D eigenvalue weighted by molar-refractivity contribution is -0.117. The van der Waals surface area contributed by atoms with Gasteiger partial charge in [-0.05, 0) is 24.3 Å². The first-order valence-electron chi connectivity index (χ1n) is 4.63. The molecule has 0 radical (unpaired) electrons. The Kier molecular flexibility index (Phi) is 3.23. The van der Waals surface area contributed by atoms with Crippen molar-refractivity contribution in [3.05, 3.63) is 30.1 Å². The minimum atomic E-state index is -0.303. The van der Waals surface area contributed by atoms with E-state index >= 15 is 0 Å². The minimum Gasteiger partial charge on any atom is -0.325 e. The van der Waals surface area contributed by atoms with E-state index in [1.54, 1.807) is 23.9 Å². The number of carbonyl (C=O) groups excluding carboxylic acids is 1. The molecular formula is C10H11FN2OS. The summed E-state index contributed by atoms with van der Waals surface area (Å²) in [6.07, 6.45) is 0. The van der Waals surface area contributed by atoms with Crippen LogP contribution in [0.15, 0.2) is 24.3 Å². The number of amides is 1. The maximum Gasteiger partial charge on any atom is 0.242 e. The molecule has 80 valence electrons. The molecule has 5 heteroatoms. The summed E-state index contributed by atoms with van der Waals surface area (Å²) in [5, 5.41) is 5.79. The molecule has 2 N–H and O–H groups in total. The zero-order chi connectivity index (χ0) is 10.7. The summed E-state index contributed by atoms with van der Waals surface area (Å²) in [5.74, 6) is 1.23. The van der Waals surface area contributed by atoms with Gasteiger partial charge in [-0.3, -0.25) is 10.1 Å². The summed E-state index contributed by atoms with van der Waals surface area (Å²) in [6.45, 7) is 0. The van der Waals surface area contributed by atoms with Crippen molar-refractivity contribution in [1.29, 1.82) is 0 Å². The van der Waals surface area contributed by atoms with E-state index in [-0.39, 0.29) is 17.8 Å². The van der Waals surface area contributed by atoms with Gasteiger partial charge in [-0.15, -0.1) is 11.8 Å². The molecule has 1 heterocycles. The topological polar surface area (TPSA) is 41.1 Å². The monoisotopic (exact) mass is 226 g/mol. The molecule has 0 bridgehead atoms. The molecule has 2 rings (SSSR count). The highest BCUT2D eigenvalue weighted by Gasteiger charge is 2.22. The van der Waals surface area contributed by atoms with Gasteiger partial charge in [0.05, 0.1) is 6.04 Å². The molecule has 1 atom stereocenters. The molecular weight excluding hydrogens is 215 g/mol. The average molecular weight is 226 g/mol. The van der Waals surface area contributed by atoms with E-state index in [4.69, 9.17) is 0 Å². The van der Waals surface area contributed by atoms with Crippen LogP contribution in [0.2, 0.25) is 0 Å². The largest absolute Gasteiger partial charge is 0.325 e. The highest BCUT2D eigenvalue weighted by Crippen LogP contribution is 2.13. The third-order valence-corrected chi connectivity index (χ3v) is 3.08. The summed E-state index contributed by atoms with van der Waals surface area (Å²) in [6, 6.07) is 5.61. The number of benzene rings is 1. The first-order chi connectivity index (χ1) is 7.25. The van der Waals surface area contributed by atoms with Gasteiger partial charge in [0.15, 0.2) is 0 Å². The van der Waals surface area contributed by atoms with E-state index in [2.05, 4.69) is 10.6 Å². The van der Waals surface area contributed by atoms with Gasteiger partial charge in [0.1, 0.15) is 5.82 Å². The van der Waals surface area contributed by atoms with Crippen molar-refractivity contribution in [3.8, 4) is 0 Å². The van der Waals surface area contributed by atoms with Crippen molar-refractivity contribution in [2.45, 2.75) is 6.04 Å². The molecule has 15 heavy (non-hydrogen) atoms. The van der Waals surface area contributed by atoms with Crippen molar-refractivity contribution in [1.82, 2.24) is 5.32 Å². The molecule has 0 spiro atoms. The van der Waals surface area contributed by atoms with Crippen LogP contribution in [0, 0.1) is 5.82 Å². The van der Waals surface area contributed by atoms with Crippen molar-refractivity contribution in [3.63, 3.8) is 0 Å². The Bertz CT molecular complexity index is 349. The van der Waals surface area contributed by atoms with E-state index < -0.39 is 0 Å². The zero-order valence-electron chi connectivity index (χ0n) is 8.00. The molecule has 3 nitrogen and oxygen atoms in total. The maximum absolute atomic E-state index is 12.6. The Hall–Kier alpha value is -1.07. The minimum absolute atomic E-state index is 0.0633. The predicted molar refractivity (Wildman–Crippen MR) is 59.3 cm³/mol. The Morgan fingerprint density at radius 1 is 1.47 bits per heavy atom. The summed E-state index contributed by atoms with van der Waals surface area (Å²) in [7, 11) is 0. The molecule has 1 aromatic rings. The lowest BCUT2D eigenvalue weighted by Crippen LogP contribution is -2.37. The van der Waals surface area contributed by atoms with Crippen LogP contribution < -0.4 is 10.6 Å². The van der Waals surface area contributed by atoms with Gasteiger partial charge in [-0.2, -0.15) is 0 Å². The van der Waals surface area contributed by atoms with Crippen LogP contribution in [0.3, 0.4) is 0 Å². The summed E-state index contributed by atoms with van der Waals surface area (Å²) in [5.41, 5.74) is 0.625. The molecule has 1 aromatic carbocycles. The lowest BCUT2D eigenvalue weighted by atomic mass is 10.2. The molecule has 0 aromatic heterocycles. The Morgan fingerprint density at radius 2 is 2.20 bits per heavy atom. The first-order valence-corrected chi connectivity index (χ1v) is 5.79. The third-order valence-electron chi connectivity index (χ3n) is 2.14. The van der Waals surface area contributed by atoms with Crippen LogP contribution in [-0.2, 0) is 4.79 Å². The quantitative estimate of drug-likeness (QED) is 0.801. The van der Waals surface area contributed by atoms with Crippen LogP contribution in [0.1, 0.15) is 0 Å². The third kappa shape index (κ3) is 2.70. The molecule has 0 unspecified atom stereocenters. The van der Waals surface area contributed by atoms with Crippen molar-refractivity contribution in [2.24, 2.45) is 0 Å². The standard InChI is InChI=1S/C10H11FN2OS/c11-7-1-3-8(4-2-7)13-10(14)9-5-15-6-12-9/h1-4,9,12H,5-6H2,(H,13,14)/t9-/m1/s1. The average Bonchev–Trinajstić information content (AvgIpc) is 2.74. The van der Waals surface area contributed by atoms with Crippen LogP contribution in [0.25, 0.3) is 0 Å². The molecule has 0 saturated carbocycles. The lowest BCUT2D eigenvalue weighted by Gasteiger charge is -2.10. The van der Waals surface area contributed by atoms with Crippen molar-refractivity contribution >= 4 is 23.4 Å². The Morgan fingerprint density at radius 3 is 2.80 bits per heavy atom. The Labute approximate surface area is 91.4 Å². The summed E-state index contributed by atoms with van der Waals surface area (Å²) >= 11 is 1.69. The zero-order valence-corrected chi connectivity index (χ0v) is 8.81. The molecule has 0 aliphatic carbocycles. The van der Waals surface area contributed by atoms with Gasteiger partial charge in [0, 0.05) is 17.3 Å². The van der Waals surface area contributed by atoms with Crippen LogP contribution in [0.4, 0.5) is 10.1 Å². The number of halogens is 1. The van der Waals surface area contributed by atoms with E-state index in [0.717, 1.165) is 11.6 Å². The number of hydrogen-bond acceptors (Lipinski definition) is 3. The fraction of sp³-hybridized carbons (Fsp3) is 0.300. The number of thioether (sulfide) groups is 1. The number of anilines is 1. The SMILES string of the molecule is O=C(Nc1ccc(F)cc1)[C@H]1CSCN1. The van der Waals surface area contributed by atoms with Gasteiger partial charge in [0.25, 0.3) is 0 Å². The normalized spacial score (nSPS) is 20.2. The van der Waals surface area contributed by atoms with Gasteiger partial charge < -0.3 is 5.32 Å². The van der Waals surface area contributed by atoms with E-state index in [9.17, 15) is 9.18 Å². The van der Waals surface area contributed by atoms with Gasteiger partial charge in [-0.1, -0.05) is 0 Å². The first kappa shape index (κ1) is 10.4. The van der Waals surface area contributed by atoms with Crippen LogP contribution in [0.5, 0.6) is 0 Å². The van der Waals surface area contributed by atoms with Gasteiger partial charge in [-0.25, -0.2) is 4.39 Å². The summed E-state index contributed by atoms with van der Waals surface area (Å²) in [4.78, 5) is 11.6. The number of hydrogen-bond donors (Lipinski definition) is 2. The van der Waals surface area contributed by atoms with Crippen LogP contribution >= 0.6 is 11.8 Å². The van der Waals surface area contributed by atoms with Gasteiger partial charge >= 0.3 is 0 Å². The van der Waals surface area contributed by atoms with Gasteiger partial charge in [0.2, 0.25) is 5.91 Å². The van der Waals surface area contributed by atoms with E-state index in [0.29, 0.717) is 5.69 Å². The molecule has 1 amide bonds. The molecule has 1 aliphatic rings. The number of carbonyl (C=O) groups is 1. The van der Waals surface area contributed by atoms with Crippen molar-refractivity contribution < 1.29 is 9.18 Å². The maximum atomic E-state index is 12.6. The van der Waals surface area contributed by atoms with E-state index in [1.165, 1.54) is 12.1 Å². The Balaban J connectivity index is 1.96. The molecule has 1 fully saturated rings. The number of nitrogens with one attached hydrogen (secondary N) is 2. The highest BCUT2D eigenvalue weighted by molar-refractivity contribution is 7.99. The second-order valence-corrected chi connectivity index (χ2v) is 4.30. The number of rotatable bonds is 2. The van der Waals surface area contributed by atoms with Crippen LogP contribution in [-0.4, -0.2) is 23.6 Å². The smallest absolute Gasteiger partial charge is 0.242 e. The second kappa shape index (κ2) is 4.63. The summed E-state index contributed by atoms with van der Waals surface area (Å²) < 4.78 is 12.6. The molecule has 1 aliphatic heterocycles. The molecule has 1 saturated heterocycles. The fourth-order valence-electron chi connectivity index (χ4n) is 1.33.